The predicted octanol–water partition coefficient (Wildman–Crippen LogP) is 3.27. The number of aromatic nitrogens is 1. The second-order valence-corrected chi connectivity index (χ2v) is 3.87. The molecule has 0 atom stereocenters. The summed E-state index contributed by atoms with van der Waals surface area (Å²) in [4.78, 5) is 3.92. The largest absolute Gasteiger partial charge is 0.416 e. The first kappa shape index (κ1) is 14.1. The molecule has 4 N–H and O–H groups in total. The fourth-order valence-corrected chi connectivity index (χ4v) is 1.52. The molecule has 0 aliphatic carbocycles. The summed E-state index contributed by atoms with van der Waals surface area (Å²) in [5.41, 5.74) is 1.01. The first-order valence-electron chi connectivity index (χ1n) is 5.47. The highest BCUT2D eigenvalue weighted by atomic mass is 19.4. The molecule has 2 rings (SSSR count). The third kappa shape index (κ3) is 3.15. The van der Waals surface area contributed by atoms with E-state index in [4.69, 9.17) is 5.84 Å². The van der Waals surface area contributed by atoms with E-state index < -0.39 is 17.6 Å². The van der Waals surface area contributed by atoms with E-state index in [0.717, 1.165) is 6.07 Å². The number of pyridine rings is 1. The van der Waals surface area contributed by atoms with E-state index in [2.05, 4.69) is 15.7 Å². The van der Waals surface area contributed by atoms with Crippen LogP contribution in [-0.2, 0) is 6.18 Å². The number of nitrogens with zero attached hydrogens (tertiary/aromatic N) is 1. The smallest absolute Gasteiger partial charge is 0.338 e. The van der Waals surface area contributed by atoms with Gasteiger partial charge >= 0.3 is 6.18 Å². The van der Waals surface area contributed by atoms with E-state index >= 15 is 0 Å². The SMILES string of the molecule is NNc1cccc(Nc2cc(C(F)(F)F)ccc2F)n1. The maximum Gasteiger partial charge on any atom is 0.416 e. The van der Waals surface area contributed by atoms with Crippen molar-refractivity contribution in [3.05, 3.63) is 47.8 Å². The number of halogens is 4. The van der Waals surface area contributed by atoms with Gasteiger partial charge in [0.2, 0.25) is 0 Å². The summed E-state index contributed by atoms with van der Waals surface area (Å²) in [6, 6.07) is 6.69. The van der Waals surface area contributed by atoms with Crippen LogP contribution in [0.25, 0.3) is 0 Å². The van der Waals surface area contributed by atoms with Crippen LogP contribution in [0.5, 0.6) is 0 Å². The van der Waals surface area contributed by atoms with Crippen LogP contribution >= 0.6 is 0 Å². The third-order valence-electron chi connectivity index (χ3n) is 2.45. The minimum Gasteiger partial charge on any atom is -0.338 e. The molecular formula is C12H10F4N4. The monoisotopic (exact) mass is 286 g/mol. The molecule has 20 heavy (non-hydrogen) atoms. The molecule has 8 heteroatoms. The molecule has 0 saturated carbocycles. The first-order valence-corrected chi connectivity index (χ1v) is 5.47. The van der Waals surface area contributed by atoms with Gasteiger partial charge in [-0.1, -0.05) is 6.07 Å². The summed E-state index contributed by atoms with van der Waals surface area (Å²) in [6.07, 6.45) is -4.54. The van der Waals surface area contributed by atoms with Gasteiger partial charge in [-0.15, -0.1) is 0 Å². The second kappa shape index (κ2) is 5.33. The van der Waals surface area contributed by atoms with Crippen molar-refractivity contribution in [2.45, 2.75) is 6.18 Å². The van der Waals surface area contributed by atoms with E-state index in [1.165, 1.54) is 6.07 Å². The fourth-order valence-electron chi connectivity index (χ4n) is 1.52. The van der Waals surface area contributed by atoms with Gasteiger partial charge in [-0.05, 0) is 30.3 Å². The molecule has 0 aliphatic rings. The standard InChI is InChI=1S/C12H10F4N4/c13-8-5-4-7(12(14,15)16)6-9(8)18-10-2-1-3-11(19-10)20-17/h1-6H,17H2,(H2,18,19,20). The van der Waals surface area contributed by atoms with Gasteiger partial charge in [0, 0.05) is 0 Å². The van der Waals surface area contributed by atoms with Crippen molar-refractivity contribution in [1.29, 1.82) is 0 Å². The Bertz CT molecular complexity index is 613. The van der Waals surface area contributed by atoms with Crippen LogP contribution < -0.4 is 16.6 Å². The summed E-state index contributed by atoms with van der Waals surface area (Å²) >= 11 is 0. The Balaban J connectivity index is 2.32. The van der Waals surface area contributed by atoms with E-state index in [-0.39, 0.29) is 11.5 Å². The number of hydrogen-bond acceptors (Lipinski definition) is 4. The zero-order chi connectivity index (χ0) is 14.8. The van der Waals surface area contributed by atoms with Gasteiger partial charge in [-0.3, -0.25) is 0 Å². The Morgan fingerprint density at radius 1 is 1.05 bits per heavy atom. The molecule has 106 valence electrons. The number of alkyl halides is 3. The van der Waals surface area contributed by atoms with Gasteiger partial charge in [0.05, 0.1) is 11.3 Å². The topological polar surface area (TPSA) is 63.0 Å². The molecule has 0 spiro atoms. The van der Waals surface area contributed by atoms with Crippen LogP contribution in [0.1, 0.15) is 5.56 Å². The third-order valence-corrected chi connectivity index (χ3v) is 2.45. The highest BCUT2D eigenvalue weighted by Gasteiger charge is 2.31. The normalized spacial score (nSPS) is 11.2. The molecular weight excluding hydrogens is 276 g/mol. The molecule has 0 saturated heterocycles. The molecule has 0 aliphatic heterocycles. The lowest BCUT2D eigenvalue weighted by Crippen LogP contribution is -2.09. The summed E-state index contributed by atoms with van der Waals surface area (Å²) < 4.78 is 51.2. The molecule has 0 amide bonds. The van der Waals surface area contributed by atoms with E-state index in [1.54, 1.807) is 12.1 Å². The zero-order valence-corrected chi connectivity index (χ0v) is 10.0. The molecule has 2 aromatic rings. The minimum absolute atomic E-state index is 0.165. The van der Waals surface area contributed by atoms with Gasteiger partial charge in [0.25, 0.3) is 0 Å². The number of hydrazine groups is 1. The van der Waals surface area contributed by atoms with E-state index in [1.807, 2.05) is 0 Å². The Kier molecular flexibility index (Phi) is 3.75. The van der Waals surface area contributed by atoms with Crippen LogP contribution in [0.3, 0.4) is 0 Å². The highest BCUT2D eigenvalue weighted by molar-refractivity contribution is 5.59. The molecule has 0 radical (unpaired) electrons. The number of benzene rings is 1. The minimum atomic E-state index is -4.54. The maximum absolute atomic E-state index is 13.5. The van der Waals surface area contributed by atoms with Crippen molar-refractivity contribution in [1.82, 2.24) is 4.98 Å². The van der Waals surface area contributed by atoms with Crippen molar-refractivity contribution < 1.29 is 17.6 Å². The lowest BCUT2D eigenvalue weighted by atomic mass is 10.2. The van der Waals surface area contributed by atoms with Crippen molar-refractivity contribution in [3.63, 3.8) is 0 Å². The number of rotatable bonds is 3. The van der Waals surface area contributed by atoms with Crippen LogP contribution in [0, 0.1) is 5.82 Å². The number of anilines is 3. The predicted molar refractivity (Wildman–Crippen MR) is 66.7 cm³/mol. The Hall–Kier alpha value is -2.35. The zero-order valence-electron chi connectivity index (χ0n) is 10.0. The van der Waals surface area contributed by atoms with Gasteiger partial charge in [0.15, 0.2) is 0 Å². The van der Waals surface area contributed by atoms with E-state index in [9.17, 15) is 17.6 Å². The molecule has 1 heterocycles. The molecule has 1 aromatic carbocycles. The lowest BCUT2D eigenvalue weighted by Gasteiger charge is -2.11. The molecule has 4 nitrogen and oxygen atoms in total. The quantitative estimate of drug-likeness (QED) is 0.460. The number of hydrogen-bond donors (Lipinski definition) is 3. The van der Waals surface area contributed by atoms with Crippen LogP contribution in [-0.4, -0.2) is 4.98 Å². The first-order chi connectivity index (χ1) is 9.40. The van der Waals surface area contributed by atoms with Crippen molar-refractivity contribution in [3.8, 4) is 0 Å². The lowest BCUT2D eigenvalue weighted by molar-refractivity contribution is -0.137. The number of nitrogen functional groups attached to an aromatic ring is 1. The van der Waals surface area contributed by atoms with Crippen LogP contribution in [0.2, 0.25) is 0 Å². The van der Waals surface area contributed by atoms with Gasteiger partial charge in [0.1, 0.15) is 17.5 Å². The van der Waals surface area contributed by atoms with Gasteiger partial charge < -0.3 is 10.7 Å². The van der Waals surface area contributed by atoms with Gasteiger partial charge in [-0.25, -0.2) is 15.2 Å². The second-order valence-electron chi connectivity index (χ2n) is 3.87. The van der Waals surface area contributed by atoms with Gasteiger partial charge in [-0.2, -0.15) is 13.2 Å². The Morgan fingerprint density at radius 3 is 2.40 bits per heavy atom. The van der Waals surface area contributed by atoms with Crippen LogP contribution in [0.15, 0.2) is 36.4 Å². The summed E-state index contributed by atoms with van der Waals surface area (Å²) in [6.45, 7) is 0. The average Bonchev–Trinajstić information content (AvgIpc) is 2.40. The Labute approximate surface area is 111 Å². The molecule has 0 bridgehead atoms. The molecule has 0 fully saturated rings. The maximum atomic E-state index is 13.5. The van der Waals surface area contributed by atoms with Crippen molar-refractivity contribution in [2.24, 2.45) is 5.84 Å². The summed E-state index contributed by atoms with van der Waals surface area (Å²) in [7, 11) is 0. The molecule has 1 aromatic heterocycles. The number of nitrogens with one attached hydrogen (secondary N) is 2. The fraction of sp³-hybridized carbons (Fsp3) is 0.0833. The summed E-state index contributed by atoms with van der Waals surface area (Å²) in [5.74, 6) is 4.81. The van der Waals surface area contributed by atoms with Crippen molar-refractivity contribution >= 4 is 17.3 Å². The van der Waals surface area contributed by atoms with E-state index in [0.29, 0.717) is 18.0 Å². The Morgan fingerprint density at radius 2 is 1.75 bits per heavy atom. The van der Waals surface area contributed by atoms with Crippen LogP contribution in [0.4, 0.5) is 34.9 Å². The molecule has 0 unspecified atom stereocenters. The highest BCUT2D eigenvalue weighted by Crippen LogP contribution is 2.32. The average molecular weight is 286 g/mol. The number of nitrogens with two attached hydrogens (primary N) is 1. The van der Waals surface area contributed by atoms with Crippen molar-refractivity contribution in [2.75, 3.05) is 10.7 Å². The summed E-state index contributed by atoms with van der Waals surface area (Å²) in [5, 5.41) is 2.48.